The van der Waals surface area contributed by atoms with E-state index in [2.05, 4.69) is 5.32 Å². The second-order valence-electron chi connectivity index (χ2n) is 5.67. The van der Waals surface area contributed by atoms with Crippen LogP contribution in [0.4, 0.5) is 0 Å². The van der Waals surface area contributed by atoms with Crippen molar-refractivity contribution in [2.45, 2.75) is 24.3 Å². The molecule has 0 aliphatic carbocycles. The topological polar surface area (TPSA) is 92.7 Å². The molecule has 3 rings (SSSR count). The highest BCUT2D eigenvalue weighted by Gasteiger charge is 2.19. The maximum absolute atomic E-state index is 11.6. The van der Waals surface area contributed by atoms with E-state index in [0.717, 1.165) is 25.1 Å². The third-order valence-electron chi connectivity index (χ3n) is 3.62. The summed E-state index contributed by atoms with van der Waals surface area (Å²) in [7, 11) is -4.02. The van der Waals surface area contributed by atoms with Gasteiger partial charge < -0.3 is 10.1 Å². The highest BCUT2D eigenvalue weighted by Crippen LogP contribution is 2.09. The molecule has 0 saturated carbocycles. The standard InChI is InChI=1S/C11H13NO2.C7H8O3S/c13-11(9-4-2-1-3-5-9)14-10-6-7-12-8-10;1-6-2-4-7(5-3-6)11(8,9)10/h1-5,10,12H,6-8H2;2-5H,1H3,(H,8,9,10). The van der Waals surface area contributed by atoms with Gasteiger partial charge in [-0.1, -0.05) is 35.9 Å². The Morgan fingerprint density at radius 1 is 1.12 bits per heavy atom. The lowest BCUT2D eigenvalue weighted by atomic mass is 10.2. The van der Waals surface area contributed by atoms with Crippen molar-refractivity contribution in [3.63, 3.8) is 0 Å². The molecule has 0 aromatic heterocycles. The van der Waals surface area contributed by atoms with E-state index in [0.29, 0.717) is 5.56 Å². The maximum atomic E-state index is 11.6. The van der Waals surface area contributed by atoms with Crippen LogP contribution in [0, 0.1) is 6.92 Å². The fraction of sp³-hybridized carbons (Fsp3) is 0.278. The van der Waals surface area contributed by atoms with Gasteiger partial charge in [0.1, 0.15) is 6.10 Å². The lowest BCUT2D eigenvalue weighted by Gasteiger charge is -2.10. The zero-order valence-electron chi connectivity index (χ0n) is 13.9. The highest BCUT2D eigenvalue weighted by molar-refractivity contribution is 7.85. The van der Waals surface area contributed by atoms with Gasteiger partial charge in [-0.25, -0.2) is 4.79 Å². The van der Waals surface area contributed by atoms with E-state index in [1.165, 1.54) is 12.1 Å². The van der Waals surface area contributed by atoms with Gasteiger partial charge in [0, 0.05) is 6.54 Å². The summed E-state index contributed by atoms with van der Waals surface area (Å²) in [6, 6.07) is 15.1. The van der Waals surface area contributed by atoms with Crippen LogP contribution in [0.2, 0.25) is 0 Å². The van der Waals surface area contributed by atoms with Crippen LogP contribution in [-0.4, -0.2) is 38.1 Å². The fourth-order valence-electron chi connectivity index (χ4n) is 2.23. The van der Waals surface area contributed by atoms with Gasteiger partial charge in [-0.15, -0.1) is 0 Å². The van der Waals surface area contributed by atoms with Gasteiger partial charge in [0.25, 0.3) is 10.1 Å². The number of nitrogens with one attached hydrogen (secondary N) is 1. The number of carbonyl (C=O) groups excluding carboxylic acids is 1. The van der Waals surface area contributed by atoms with Crippen molar-refractivity contribution in [3.8, 4) is 0 Å². The molecule has 7 heteroatoms. The van der Waals surface area contributed by atoms with Crippen molar-refractivity contribution in [2.24, 2.45) is 0 Å². The first-order valence-electron chi connectivity index (χ1n) is 7.87. The van der Waals surface area contributed by atoms with Gasteiger partial charge in [-0.3, -0.25) is 4.55 Å². The summed E-state index contributed by atoms with van der Waals surface area (Å²) < 4.78 is 34.8. The van der Waals surface area contributed by atoms with Crippen molar-refractivity contribution in [2.75, 3.05) is 13.1 Å². The molecule has 1 fully saturated rings. The first-order chi connectivity index (χ1) is 11.9. The predicted octanol–water partition coefficient (Wildman–Crippen LogP) is 2.45. The molecule has 1 unspecified atom stereocenters. The lowest BCUT2D eigenvalue weighted by molar-refractivity contribution is 0.0344. The zero-order valence-corrected chi connectivity index (χ0v) is 14.7. The Kier molecular flexibility index (Phi) is 6.69. The van der Waals surface area contributed by atoms with Crippen LogP contribution >= 0.6 is 0 Å². The molecule has 0 spiro atoms. The highest BCUT2D eigenvalue weighted by atomic mass is 32.2. The van der Waals surface area contributed by atoms with Crippen LogP contribution in [0.15, 0.2) is 59.5 Å². The van der Waals surface area contributed by atoms with Crippen LogP contribution < -0.4 is 5.32 Å². The number of hydrogen-bond donors (Lipinski definition) is 2. The average molecular weight is 363 g/mol. The molecular weight excluding hydrogens is 342 g/mol. The molecule has 1 atom stereocenters. The molecule has 6 nitrogen and oxygen atoms in total. The summed E-state index contributed by atoms with van der Waals surface area (Å²) in [5.74, 6) is -0.223. The average Bonchev–Trinajstić information content (AvgIpc) is 3.09. The minimum atomic E-state index is -4.02. The molecular formula is C18H21NO5S. The van der Waals surface area contributed by atoms with E-state index >= 15 is 0 Å². The van der Waals surface area contributed by atoms with Crippen molar-refractivity contribution >= 4 is 16.1 Å². The first kappa shape index (κ1) is 19.1. The van der Waals surface area contributed by atoms with Gasteiger partial charge in [-0.05, 0) is 44.2 Å². The van der Waals surface area contributed by atoms with E-state index in [1.807, 2.05) is 25.1 Å². The molecule has 1 heterocycles. The number of rotatable bonds is 3. The molecule has 0 bridgehead atoms. The van der Waals surface area contributed by atoms with E-state index in [4.69, 9.17) is 9.29 Å². The monoisotopic (exact) mass is 363 g/mol. The van der Waals surface area contributed by atoms with Gasteiger partial charge in [0.15, 0.2) is 0 Å². The number of hydrogen-bond acceptors (Lipinski definition) is 5. The summed E-state index contributed by atoms with van der Waals surface area (Å²) in [4.78, 5) is 11.5. The molecule has 2 aromatic carbocycles. The Morgan fingerprint density at radius 3 is 2.28 bits per heavy atom. The Hall–Kier alpha value is -2.22. The molecule has 2 aromatic rings. The van der Waals surface area contributed by atoms with Crippen molar-refractivity contribution < 1.29 is 22.5 Å². The van der Waals surface area contributed by atoms with E-state index < -0.39 is 10.1 Å². The molecule has 0 radical (unpaired) electrons. The number of benzene rings is 2. The number of esters is 1. The first-order valence-corrected chi connectivity index (χ1v) is 9.31. The smallest absolute Gasteiger partial charge is 0.338 e. The Morgan fingerprint density at radius 2 is 1.76 bits per heavy atom. The Balaban J connectivity index is 0.000000186. The third-order valence-corrected chi connectivity index (χ3v) is 4.49. The SMILES string of the molecule is Cc1ccc(S(=O)(=O)O)cc1.O=C(OC1CCNC1)c1ccccc1. The summed E-state index contributed by atoms with van der Waals surface area (Å²) in [5, 5.41) is 3.15. The van der Waals surface area contributed by atoms with Crippen LogP contribution in [0.5, 0.6) is 0 Å². The summed E-state index contributed by atoms with van der Waals surface area (Å²) in [5.41, 5.74) is 1.58. The largest absolute Gasteiger partial charge is 0.457 e. The molecule has 25 heavy (non-hydrogen) atoms. The van der Waals surface area contributed by atoms with Crippen LogP contribution in [0.25, 0.3) is 0 Å². The number of carbonyl (C=O) groups is 1. The molecule has 2 N–H and O–H groups in total. The zero-order chi connectivity index (χ0) is 18.3. The van der Waals surface area contributed by atoms with E-state index in [9.17, 15) is 13.2 Å². The van der Waals surface area contributed by atoms with Crippen molar-refractivity contribution in [1.29, 1.82) is 0 Å². The fourth-order valence-corrected chi connectivity index (χ4v) is 2.71. The van der Waals surface area contributed by atoms with Crippen LogP contribution in [0.1, 0.15) is 22.3 Å². The second kappa shape index (κ2) is 8.75. The van der Waals surface area contributed by atoms with Crippen LogP contribution in [-0.2, 0) is 14.9 Å². The van der Waals surface area contributed by atoms with Crippen molar-refractivity contribution in [1.82, 2.24) is 5.32 Å². The Labute approximate surface area is 147 Å². The molecule has 0 amide bonds. The molecule has 1 aliphatic rings. The molecule has 1 saturated heterocycles. The van der Waals surface area contributed by atoms with E-state index in [-0.39, 0.29) is 17.0 Å². The van der Waals surface area contributed by atoms with Gasteiger partial charge in [-0.2, -0.15) is 8.42 Å². The minimum Gasteiger partial charge on any atom is -0.457 e. The van der Waals surface area contributed by atoms with Crippen LogP contribution in [0.3, 0.4) is 0 Å². The van der Waals surface area contributed by atoms with E-state index in [1.54, 1.807) is 24.3 Å². The minimum absolute atomic E-state index is 0.0442. The van der Waals surface area contributed by atoms with Gasteiger partial charge in [0.2, 0.25) is 0 Å². The van der Waals surface area contributed by atoms with Gasteiger partial charge in [0.05, 0.1) is 10.5 Å². The molecule has 1 aliphatic heterocycles. The maximum Gasteiger partial charge on any atom is 0.338 e. The third kappa shape index (κ3) is 6.30. The summed E-state index contributed by atoms with van der Waals surface area (Å²) in [6.07, 6.45) is 0.959. The number of ether oxygens (including phenoxy) is 1. The summed E-state index contributed by atoms with van der Waals surface area (Å²) >= 11 is 0. The second-order valence-corrected chi connectivity index (χ2v) is 7.10. The Bertz CT molecular complexity index is 782. The number of aryl methyl sites for hydroxylation is 1. The van der Waals surface area contributed by atoms with Crippen molar-refractivity contribution in [3.05, 3.63) is 65.7 Å². The molecule has 134 valence electrons. The quantitative estimate of drug-likeness (QED) is 0.643. The lowest BCUT2D eigenvalue weighted by Crippen LogP contribution is -2.20. The van der Waals surface area contributed by atoms with Gasteiger partial charge >= 0.3 is 5.97 Å². The predicted molar refractivity (Wildman–Crippen MR) is 94.1 cm³/mol. The summed E-state index contributed by atoms with van der Waals surface area (Å²) in [6.45, 7) is 3.55. The normalized spacial score (nSPS) is 16.6.